The second kappa shape index (κ2) is 6.34. The van der Waals surface area contributed by atoms with E-state index < -0.39 is 6.36 Å². The van der Waals surface area contributed by atoms with Crippen molar-refractivity contribution in [3.63, 3.8) is 0 Å². The number of hydrogen-bond donors (Lipinski definition) is 1. The topological polar surface area (TPSA) is 51.5 Å². The Bertz CT molecular complexity index is 577. The van der Waals surface area contributed by atoms with Crippen molar-refractivity contribution < 1.29 is 27.1 Å². The monoisotopic (exact) mass is 299 g/mol. The van der Waals surface area contributed by atoms with Gasteiger partial charge in [0.25, 0.3) is 5.91 Å². The smallest absolute Gasteiger partial charge is 0.472 e. The summed E-state index contributed by atoms with van der Waals surface area (Å²) < 4.78 is 44.5. The number of carbonyl (C=O) groups is 1. The van der Waals surface area contributed by atoms with Crippen LogP contribution in [0.15, 0.2) is 47.3 Å². The summed E-state index contributed by atoms with van der Waals surface area (Å²) in [6.07, 6.45) is -1.47. The maximum Gasteiger partial charge on any atom is 0.573 e. The first-order valence-electron chi connectivity index (χ1n) is 6.09. The number of amides is 1. The molecule has 0 atom stereocenters. The van der Waals surface area contributed by atoms with Crippen LogP contribution in [0.3, 0.4) is 0 Å². The lowest BCUT2D eigenvalue weighted by Crippen LogP contribution is -2.25. The number of alkyl halides is 3. The minimum Gasteiger partial charge on any atom is -0.472 e. The fourth-order valence-corrected chi connectivity index (χ4v) is 1.67. The lowest BCUT2D eigenvalue weighted by molar-refractivity contribution is -0.274. The van der Waals surface area contributed by atoms with Crippen molar-refractivity contribution in [3.05, 3.63) is 54.0 Å². The molecule has 1 amide bonds. The fourth-order valence-electron chi connectivity index (χ4n) is 1.67. The molecule has 112 valence electrons. The van der Waals surface area contributed by atoms with Gasteiger partial charge in [-0.1, -0.05) is 12.1 Å². The van der Waals surface area contributed by atoms with Crippen molar-refractivity contribution >= 4 is 5.91 Å². The van der Waals surface area contributed by atoms with Crippen LogP contribution < -0.4 is 10.1 Å². The number of furan rings is 1. The molecule has 0 saturated carbocycles. The Morgan fingerprint density at radius 1 is 1.19 bits per heavy atom. The molecule has 21 heavy (non-hydrogen) atoms. The van der Waals surface area contributed by atoms with E-state index in [4.69, 9.17) is 4.42 Å². The predicted octanol–water partition coefficient (Wildman–Crippen LogP) is 3.15. The normalized spacial score (nSPS) is 11.2. The Morgan fingerprint density at radius 3 is 2.48 bits per heavy atom. The van der Waals surface area contributed by atoms with Gasteiger partial charge >= 0.3 is 6.36 Å². The summed E-state index contributed by atoms with van der Waals surface area (Å²) in [5, 5.41) is 2.68. The van der Waals surface area contributed by atoms with Gasteiger partial charge in [-0.05, 0) is 30.2 Å². The number of hydrogen-bond acceptors (Lipinski definition) is 3. The lowest BCUT2D eigenvalue weighted by Gasteiger charge is -2.09. The van der Waals surface area contributed by atoms with Crippen LogP contribution >= 0.6 is 0 Å². The van der Waals surface area contributed by atoms with Gasteiger partial charge in [-0.25, -0.2) is 0 Å². The Hall–Kier alpha value is -2.44. The number of rotatable bonds is 5. The number of nitrogens with one attached hydrogen (secondary N) is 1. The van der Waals surface area contributed by atoms with E-state index in [1.165, 1.54) is 36.8 Å². The average Bonchev–Trinajstić information content (AvgIpc) is 2.93. The first-order valence-corrected chi connectivity index (χ1v) is 6.09. The van der Waals surface area contributed by atoms with E-state index in [2.05, 4.69) is 10.1 Å². The van der Waals surface area contributed by atoms with Crippen molar-refractivity contribution in [2.24, 2.45) is 0 Å². The van der Waals surface area contributed by atoms with Crippen molar-refractivity contribution in [3.8, 4) is 5.75 Å². The van der Waals surface area contributed by atoms with E-state index in [-0.39, 0.29) is 11.7 Å². The van der Waals surface area contributed by atoms with Crippen molar-refractivity contribution in [1.82, 2.24) is 5.32 Å². The van der Waals surface area contributed by atoms with Gasteiger partial charge in [0.15, 0.2) is 0 Å². The van der Waals surface area contributed by atoms with E-state index in [0.29, 0.717) is 18.5 Å². The van der Waals surface area contributed by atoms with Gasteiger partial charge in [0.2, 0.25) is 0 Å². The van der Waals surface area contributed by atoms with Gasteiger partial charge in [0.05, 0.1) is 11.8 Å². The highest BCUT2D eigenvalue weighted by Crippen LogP contribution is 2.22. The van der Waals surface area contributed by atoms with Crippen LogP contribution in [0.2, 0.25) is 0 Å². The largest absolute Gasteiger partial charge is 0.573 e. The molecule has 0 radical (unpaired) electrons. The molecule has 4 nitrogen and oxygen atoms in total. The Balaban J connectivity index is 1.80. The van der Waals surface area contributed by atoms with Crippen molar-refractivity contribution in [2.45, 2.75) is 12.8 Å². The first kappa shape index (κ1) is 15.0. The third-order valence-electron chi connectivity index (χ3n) is 2.64. The van der Waals surface area contributed by atoms with Crippen molar-refractivity contribution in [1.29, 1.82) is 0 Å². The summed E-state index contributed by atoms with van der Waals surface area (Å²) in [4.78, 5) is 11.6. The van der Waals surface area contributed by atoms with Crippen LogP contribution in [0.5, 0.6) is 5.75 Å². The number of halogens is 3. The van der Waals surface area contributed by atoms with Gasteiger partial charge in [-0.3, -0.25) is 4.79 Å². The Morgan fingerprint density at radius 2 is 1.90 bits per heavy atom. The average molecular weight is 299 g/mol. The standard InChI is InChI=1S/C14H12F3NO3/c15-14(16,17)21-12-3-1-10(2-4-12)5-7-18-13(19)11-6-8-20-9-11/h1-4,6,8-9H,5,7H2,(H,18,19). The first-order chi connectivity index (χ1) is 9.94. The third-order valence-corrected chi connectivity index (χ3v) is 2.64. The quantitative estimate of drug-likeness (QED) is 0.922. The summed E-state index contributed by atoms with van der Waals surface area (Å²) in [6, 6.07) is 7.05. The van der Waals surface area contributed by atoms with Crippen molar-refractivity contribution in [2.75, 3.05) is 6.54 Å². The van der Waals surface area contributed by atoms with E-state index in [9.17, 15) is 18.0 Å². The van der Waals surface area contributed by atoms with Gasteiger partial charge in [0.1, 0.15) is 12.0 Å². The second-order valence-electron chi connectivity index (χ2n) is 4.21. The SMILES string of the molecule is O=C(NCCc1ccc(OC(F)(F)F)cc1)c1ccoc1. The second-order valence-corrected chi connectivity index (χ2v) is 4.21. The van der Waals surface area contributed by atoms with Gasteiger partial charge in [-0.2, -0.15) is 0 Å². The molecule has 2 aromatic rings. The molecule has 0 spiro atoms. The molecule has 0 aliphatic rings. The molecule has 0 aliphatic carbocycles. The zero-order valence-electron chi connectivity index (χ0n) is 10.8. The minimum absolute atomic E-state index is 0.263. The summed E-state index contributed by atoms with van der Waals surface area (Å²) in [5.41, 5.74) is 1.21. The number of carbonyl (C=O) groups excluding carboxylic acids is 1. The van der Waals surface area contributed by atoms with Crippen LogP contribution in [0.25, 0.3) is 0 Å². The molecule has 0 aliphatic heterocycles. The highest BCUT2D eigenvalue weighted by atomic mass is 19.4. The summed E-state index contributed by atoms with van der Waals surface area (Å²) in [5.74, 6) is -0.533. The molecule has 1 aromatic carbocycles. The zero-order valence-corrected chi connectivity index (χ0v) is 10.8. The van der Waals surface area contributed by atoms with Crippen LogP contribution in [-0.4, -0.2) is 18.8 Å². The number of benzene rings is 1. The summed E-state index contributed by atoms with van der Waals surface area (Å²) in [7, 11) is 0. The highest BCUT2D eigenvalue weighted by Gasteiger charge is 2.30. The highest BCUT2D eigenvalue weighted by molar-refractivity contribution is 5.93. The molecule has 1 heterocycles. The van der Waals surface area contributed by atoms with E-state index in [1.807, 2.05) is 0 Å². The lowest BCUT2D eigenvalue weighted by atomic mass is 10.1. The predicted molar refractivity (Wildman–Crippen MR) is 67.9 cm³/mol. The summed E-state index contributed by atoms with van der Waals surface area (Å²) >= 11 is 0. The van der Waals surface area contributed by atoms with Crippen LogP contribution in [0, 0.1) is 0 Å². The number of ether oxygens (including phenoxy) is 1. The summed E-state index contributed by atoms with van der Waals surface area (Å²) in [6.45, 7) is 0.365. The van der Waals surface area contributed by atoms with Gasteiger partial charge in [-0.15, -0.1) is 13.2 Å². The molecular weight excluding hydrogens is 287 g/mol. The molecule has 1 N–H and O–H groups in total. The van der Waals surface area contributed by atoms with E-state index in [1.54, 1.807) is 6.07 Å². The molecular formula is C14H12F3NO3. The van der Waals surface area contributed by atoms with Crippen LogP contribution in [-0.2, 0) is 6.42 Å². The molecule has 0 fully saturated rings. The maximum absolute atomic E-state index is 12.0. The molecule has 7 heteroatoms. The Kier molecular flexibility index (Phi) is 4.52. The molecule has 0 saturated heterocycles. The van der Waals surface area contributed by atoms with Gasteiger partial charge in [0, 0.05) is 6.54 Å². The van der Waals surface area contributed by atoms with E-state index in [0.717, 1.165) is 5.56 Å². The van der Waals surface area contributed by atoms with Crippen LogP contribution in [0.4, 0.5) is 13.2 Å². The molecule has 1 aromatic heterocycles. The Labute approximate surface area is 118 Å². The fraction of sp³-hybridized carbons (Fsp3) is 0.214. The molecule has 2 rings (SSSR count). The third kappa shape index (κ3) is 4.87. The van der Waals surface area contributed by atoms with E-state index >= 15 is 0 Å². The zero-order chi connectivity index (χ0) is 15.3. The van der Waals surface area contributed by atoms with Crippen LogP contribution in [0.1, 0.15) is 15.9 Å². The minimum atomic E-state index is -4.69. The molecule has 0 bridgehead atoms. The molecule has 0 unspecified atom stereocenters. The van der Waals surface area contributed by atoms with Gasteiger partial charge < -0.3 is 14.5 Å². The maximum atomic E-state index is 12.0.